The molecular weight excluding hydrogens is 441 g/mol. The minimum atomic E-state index is -1.03. The van der Waals surface area contributed by atoms with E-state index in [2.05, 4.69) is 14.3 Å². The first-order chi connectivity index (χ1) is 15.6. The molecule has 1 aromatic heterocycles. The molecule has 174 valence electrons. The lowest BCUT2D eigenvalue weighted by atomic mass is 10.0. The van der Waals surface area contributed by atoms with Crippen LogP contribution >= 0.6 is 9.24 Å². The number of nitrogens with zero attached hydrogens (tertiary/aromatic N) is 4. The highest BCUT2D eigenvalue weighted by Gasteiger charge is 2.52. The molecule has 33 heavy (non-hydrogen) atoms. The van der Waals surface area contributed by atoms with Crippen LogP contribution in [-0.2, 0) is 17.9 Å². The lowest BCUT2D eigenvalue weighted by Gasteiger charge is -2.28. The molecule has 3 heterocycles. The Balaban J connectivity index is 1.57. The molecule has 9 nitrogen and oxygen atoms in total. The third-order valence-corrected chi connectivity index (χ3v) is 6.25. The van der Waals surface area contributed by atoms with Crippen molar-refractivity contribution in [3.63, 3.8) is 0 Å². The largest absolute Gasteiger partial charge is 0.486 e. The van der Waals surface area contributed by atoms with Gasteiger partial charge < -0.3 is 19.8 Å². The summed E-state index contributed by atoms with van der Waals surface area (Å²) in [4.78, 5) is 29.3. The second-order valence-corrected chi connectivity index (χ2v) is 9.60. The molecule has 2 aliphatic rings. The number of rotatable bonds is 6. The van der Waals surface area contributed by atoms with E-state index in [0.29, 0.717) is 42.7 Å². The smallest absolute Gasteiger partial charge is 0.332 e. The Kier molecular flexibility index (Phi) is 6.01. The molecule has 3 amide bonds. The zero-order valence-electron chi connectivity index (χ0n) is 19.2. The van der Waals surface area contributed by atoms with Gasteiger partial charge in [0.1, 0.15) is 18.8 Å². The number of hydrogen-bond acceptors (Lipinski definition) is 6. The predicted octanol–water partition coefficient (Wildman–Crippen LogP) is 3.59. The Morgan fingerprint density at radius 2 is 1.88 bits per heavy atom. The fourth-order valence-corrected chi connectivity index (χ4v) is 4.26. The first-order valence-electron chi connectivity index (χ1n) is 10.7. The van der Waals surface area contributed by atoms with Crippen molar-refractivity contribution in [1.29, 1.82) is 5.41 Å². The monoisotopic (exact) mass is 469 g/mol. The molecule has 4 rings (SSSR count). The number of allylic oxidation sites excluding steroid dienone is 2. The van der Waals surface area contributed by atoms with Crippen LogP contribution in [-0.4, -0.2) is 51.1 Å². The highest BCUT2D eigenvalue weighted by Crippen LogP contribution is 2.35. The van der Waals surface area contributed by atoms with Crippen molar-refractivity contribution in [2.24, 2.45) is 0 Å². The number of ether oxygens (including phenoxy) is 2. The second kappa shape index (κ2) is 8.63. The molecule has 2 aliphatic heterocycles. The third-order valence-electron chi connectivity index (χ3n) is 5.90. The number of aromatic nitrogens is 2. The first-order valence-corrected chi connectivity index (χ1v) is 11.2. The average Bonchev–Trinajstić information content (AvgIpc) is 3.28. The Morgan fingerprint density at radius 1 is 1.18 bits per heavy atom. The van der Waals surface area contributed by atoms with Gasteiger partial charge in [-0.25, -0.2) is 9.69 Å². The van der Waals surface area contributed by atoms with Gasteiger partial charge in [0.15, 0.2) is 11.5 Å². The van der Waals surface area contributed by atoms with Gasteiger partial charge in [0, 0.05) is 18.5 Å². The van der Waals surface area contributed by atoms with Crippen molar-refractivity contribution in [1.82, 2.24) is 14.7 Å². The normalized spacial score (nSPS) is 18.0. The summed E-state index contributed by atoms with van der Waals surface area (Å²) < 4.78 is 12.8. The van der Waals surface area contributed by atoms with E-state index in [9.17, 15) is 9.59 Å². The summed E-state index contributed by atoms with van der Waals surface area (Å²) in [5.74, 6) is 1.00. The van der Waals surface area contributed by atoms with E-state index in [1.54, 1.807) is 36.5 Å². The molecule has 1 atom stereocenters. The SMILES string of the molecule is CC(=N)C(Cn1cc(N2C(=O)N(Cc3ccc4c(c3)OCCO4)C(C)(C)C2=O)cn1)=C(C)P. The van der Waals surface area contributed by atoms with Crippen LogP contribution in [0.1, 0.15) is 33.3 Å². The zero-order chi connectivity index (χ0) is 23.9. The second-order valence-electron chi connectivity index (χ2n) is 8.73. The lowest BCUT2D eigenvalue weighted by molar-refractivity contribution is -0.123. The number of nitrogens with one attached hydrogen (secondary N) is 1. The number of benzene rings is 1. The molecular formula is C23H28N5O4P. The Morgan fingerprint density at radius 3 is 2.55 bits per heavy atom. The van der Waals surface area contributed by atoms with Crippen LogP contribution in [0.5, 0.6) is 11.5 Å². The molecule has 0 spiro atoms. The fraction of sp³-hybridized carbons (Fsp3) is 0.391. The molecule has 0 saturated carbocycles. The lowest BCUT2D eigenvalue weighted by Crippen LogP contribution is -2.43. The summed E-state index contributed by atoms with van der Waals surface area (Å²) in [5.41, 5.74) is 1.50. The molecule has 1 saturated heterocycles. The molecule has 1 aromatic carbocycles. The number of hydrogen-bond donors (Lipinski definition) is 1. The fourth-order valence-electron chi connectivity index (χ4n) is 3.95. The Bertz CT molecular complexity index is 1170. The van der Waals surface area contributed by atoms with Crippen LogP contribution in [0.4, 0.5) is 10.5 Å². The topological polar surface area (TPSA) is 101 Å². The predicted molar refractivity (Wildman–Crippen MR) is 128 cm³/mol. The molecule has 2 aromatic rings. The number of anilines is 1. The van der Waals surface area contributed by atoms with Gasteiger partial charge in [0.2, 0.25) is 0 Å². The number of carbonyl (C=O) groups excluding carboxylic acids is 2. The minimum Gasteiger partial charge on any atom is -0.486 e. The van der Waals surface area contributed by atoms with E-state index in [-0.39, 0.29) is 12.5 Å². The summed E-state index contributed by atoms with van der Waals surface area (Å²) in [6.45, 7) is 8.74. The first kappa shape index (κ1) is 23.0. The van der Waals surface area contributed by atoms with Crippen LogP contribution in [0, 0.1) is 5.41 Å². The van der Waals surface area contributed by atoms with E-state index in [1.165, 1.54) is 11.1 Å². The van der Waals surface area contributed by atoms with E-state index < -0.39 is 11.6 Å². The number of carbonyl (C=O) groups is 2. The van der Waals surface area contributed by atoms with Gasteiger partial charge >= 0.3 is 6.03 Å². The number of fused-ring (bicyclic) bond motifs is 1. The molecule has 10 heteroatoms. The summed E-state index contributed by atoms with van der Waals surface area (Å²) in [5, 5.41) is 13.2. The molecule has 0 aliphatic carbocycles. The number of urea groups is 1. The van der Waals surface area contributed by atoms with Gasteiger partial charge in [-0.3, -0.25) is 9.48 Å². The van der Waals surface area contributed by atoms with E-state index in [1.807, 2.05) is 25.1 Å². The minimum absolute atomic E-state index is 0.255. The van der Waals surface area contributed by atoms with Gasteiger partial charge in [-0.2, -0.15) is 5.10 Å². The third kappa shape index (κ3) is 4.25. The van der Waals surface area contributed by atoms with Gasteiger partial charge in [-0.1, -0.05) is 6.07 Å². The Hall–Kier alpha value is -3.19. The Labute approximate surface area is 195 Å². The summed E-state index contributed by atoms with van der Waals surface area (Å²) in [6, 6.07) is 5.15. The standard InChI is InChI=1S/C23H28N5O4P/c1-14(24)18(15(2)33)13-26-12-17(10-25-26)28-21(29)23(3,4)27(22(28)30)11-16-5-6-19-20(9-16)32-8-7-31-19/h5-6,9-10,12,24H,7-8,11,13,33H2,1-4H3. The maximum atomic E-state index is 13.4. The van der Waals surface area contributed by atoms with Crippen LogP contribution < -0.4 is 14.4 Å². The molecule has 0 radical (unpaired) electrons. The average molecular weight is 469 g/mol. The zero-order valence-corrected chi connectivity index (χ0v) is 20.4. The van der Waals surface area contributed by atoms with E-state index >= 15 is 0 Å². The highest BCUT2D eigenvalue weighted by molar-refractivity contribution is 7.22. The van der Waals surface area contributed by atoms with Crippen molar-refractivity contribution >= 4 is 32.6 Å². The molecule has 0 bridgehead atoms. The van der Waals surface area contributed by atoms with Gasteiger partial charge in [0.05, 0.1) is 18.4 Å². The maximum Gasteiger partial charge on any atom is 0.332 e. The maximum absolute atomic E-state index is 13.4. The van der Waals surface area contributed by atoms with Crippen LogP contribution in [0.2, 0.25) is 0 Å². The highest BCUT2D eigenvalue weighted by atomic mass is 31.0. The summed E-state index contributed by atoms with van der Waals surface area (Å²) in [6.07, 6.45) is 3.17. The van der Waals surface area contributed by atoms with Crippen molar-refractivity contribution in [3.8, 4) is 11.5 Å². The number of imide groups is 1. The van der Waals surface area contributed by atoms with Gasteiger partial charge in [-0.15, -0.1) is 9.24 Å². The van der Waals surface area contributed by atoms with Crippen molar-refractivity contribution in [2.45, 2.75) is 46.3 Å². The van der Waals surface area contributed by atoms with Crippen LogP contribution in [0.15, 0.2) is 41.5 Å². The van der Waals surface area contributed by atoms with Crippen LogP contribution in [0.25, 0.3) is 0 Å². The van der Waals surface area contributed by atoms with Crippen molar-refractivity contribution < 1.29 is 19.1 Å². The number of amides is 3. The van der Waals surface area contributed by atoms with E-state index in [4.69, 9.17) is 14.9 Å². The summed E-state index contributed by atoms with van der Waals surface area (Å²) >= 11 is 0. The van der Waals surface area contributed by atoms with Gasteiger partial charge in [-0.05, 0) is 56.3 Å². The van der Waals surface area contributed by atoms with Gasteiger partial charge in [0.25, 0.3) is 5.91 Å². The molecule has 1 fully saturated rings. The summed E-state index contributed by atoms with van der Waals surface area (Å²) in [7, 11) is 2.60. The molecule has 1 N–H and O–H groups in total. The van der Waals surface area contributed by atoms with Crippen molar-refractivity contribution in [2.75, 3.05) is 18.1 Å². The quantitative estimate of drug-likeness (QED) is 0.396. The van der Waals surface area contributed by atoms with Crippen LogP contribution in [0.3, 0.4) is 0 Å². The van der Waals surface area contributed by atoms with E-state index in [0.717, 1.165) is 16.5 Å². The molecule has 1 unspecified atom stereocenters. The van der Waals surface area contributed by atoms with Crippen molar-refractivity contribution in [3.05, 3.63) is 47.0 Å².